The zero-order valence-electron chi connectivity index (χ0n) is 13.9. The lowest BCUT2D eigenvalue weighted by atomic mass is 9.86. The highest BCUT2D eigenvalue weighted by atomic mass is 32.2. The number of rotatable bonds is 3. The van der Waals surface area contributed by atoms with Crippen molar-refractivity contribution < 1.29 is 25.8 Å². The predicted molar refractivity (Wildman–Crippen MR) is 86.8 cm³/mol. The highest BCUT2D eigenvalue weighted by Gasteiger charge is 2.48. The van der Waals surface area contributed by atoms with Gasteiger partial charge in [-0.1, -0.05) is 6.07 Å². The van der Waals surface area contributed by atoms with Crippen molar-refractivity contribution in [2.75, 3.05) is 33.2 Å². The van der Waals surface area contributed by atoms with Crippen molar-refractivity contribution in [1.82, 2.24) is 9.80 Å². The number of fused-ring (bicyclic) bond motifs is 1. The molecule has 1 aliphatic heterocycles. The third kappa shape index (κ3) is 3.93. The van der Waals surface area contributed by atoms with Gasteiger partial charge in [0.25, 0.3) is 0 Å². The Morgan fingerprint density at radius 3 is 2.48 bits per heavy atom. The molecule has 1 heterocycles. The minimum atomic E-state index is -5.65. The first-order valence-corrected chi connectivity index (χ1v) is 9.64. The van der Waals surface area contributed by atoms with Crippen molar-refractivity contribution in [3.63, 3.8) is 0 Å². The van der Waals surface area contributed by atoms with E-state index in [1.54, 1.807) is 6.07 Å². The molecule has 1 saturated heterocycles. The number of aryl methyl sites for hydroxylation is 1. The fourth-order valence-corrected chi connectivity index (χ4v) is 3.94. The van der Waals surface area contributed by atoms with Crippen LogP contribution in [0.3, 0.4) is 0 Å². The lowest BCUT2D eigenvalue weighted by molar-refractivity contribution is -0.0500. The van der Waals surface area contributed by atoms with E-state index >= 15 is 0 Å². The summed E-state index contributed by atoms with van der Waals surface area (Å²) in [6.45, 7) is 3.63. The van der Waals surface area contributed by atoms with E-state index in [1.807, 2.05) is 0 Å². The summed E-state index contributed by atoms with van der Waals surface area (Å²) >= 11 is 0. The van der Waals surface area contributed by atoms with E-state index < -0.39 is 15.6 Å². The first-order chi connectivity index (χ1) is 11.7. The van der Waals surface area contributed by atoms with Crippen LogP contribution in [0.25, 0.3) is 0 Å². The molecule has 0 radical (unpaired) electrons. The second-order valence-corrected chi connectivity index (χ2v) is 8.13. The Kier molecular flexibility index (Phi) is 5.00. The van der Waals surface area contributed by atoms with Crippen LogP contribution in [0.2, 0.25) is 0 Å². The topological polar surface area (TPSA) is 49.9 Å². The van der Waals surface area contributed by atoms with Gasteiger partial charge in [0, 0.05) is 32.2 Å². The number of likely N-dealkylation sites (N-methyl/N-ethyl adjacent to an activating group) is 1. The molecule has 2 aliphatic rings. The number of hydrogen-bond donors (Lipinski definition) is 0. The van der Waals surface area contributed by atoms with E-state index in [0.717, 1.165) is 56.6 Å². The van der Waals surface area contributed by atoms with Crippen molar-refractivity contribution in [1.29, 1.82) is 0 Å². The van der Waals surface area contributed by atoms with E-state index in [0.29, 0.717) is 0 Å². The maximum atomic E-state index is 12.5. The summed E-state index contributed by atoms with van der Waals surface area (Å²) in [6, 6.07) is 4.53. The minimum absolute atomic E-state index is 0.0922. The van der Waals surface area contributed by atoms with Gasteiger partial charge in [-0.3, -0.25) is 4.90 Å². The third-order valence-electron chi connectivity index (χ3n) is 4.87. The van der Waals surface area contributed by atoms with Gasteiger partial charge in [-0.15, -0.1) is 0 Å². The second kappa shape index (κ2) is 6.77. The lowest BCUT2D eigenvalue weighted by Crippen LogP contribution is -2.46. The number of alkyl halides is 3. The van der Waals surface area contributed by atoms with Crippen molar-refractivity contribution in [3.05, 3.63) is 29.3 Å². The normalized spacial score (nSPS) is 23.3. The van der Waals surface area contributed by atoms with E-state index in [9.17, 15) is 21.6 Å². The fourth-order valence-electron chi connectivity index (χ4n) is 3.49. The summed E-state index contributed by atoms with van der Waals surface area (Å²) < 4.78 is 64.4. The Hall–Kier alpha value is -1.32. The zero-order chi connectivity index (χ0) is 18.2. The summed E-state index contributed by atoms with van der Waals surface area (Å²) in [5.74, 6) is -0.280. The quantitative estimate of drug-likeness (QED) is 0.598. The summed E-state index contributed by atoms with van der Waals surface area (Å²) in [7, 11) is -3.59. The molecule has 1 aliphatic carbocycles. The van der Waals surface area contributed by atoms with Crippen LogP contribution in [0.5, 0.6) is 5.75 Å². The predicted octanol–water partition coefficient (Wildman–Crippen LogP) is 2.54. The van der Waals surface area contributed by atoms with Crippen molar-refractivity contribution in [3.8, 4) is 5.75 Å². The van der Waals surface area contributed by atoms with Crippen molar-refractivity contribution >= 4 is 10.1 Å². The van der Waals surface area contributed by atoms with Gasteiger partial charge < -0.3 is 9.08 Å². The molecule has 0 saturated carbocycles. The van der Waals surface area contributed by atoms with Crippen LogP contribution in [-0.4, -0.2) is 57.0 Å². The maximum Gasteiger partial charge on any atom is 0.534 e. The Morgan fingerprint density at radius 1 is 1.16 bits per heavy atom. The lowest BCUT2D eigenvalue weighted by Gasteiger charge is -2.40. The average molecular weight is 378 g/mol. The monoisotopic (exact) mass is 378 g/mol. The summed E-state index contributed by atoms with van der Waals surface area (Å²) in [5, 5.41) is 0. The maximum absolute atomic E-state index is 12.5. The smallest absolute Gasteiger partial charge is 0.376 e. The Balaban J connectivity index is 1.86. The van der Waals surface area contributed by atoms with Gasteiger partial charge in [-0.05, 0) is 49.6 Å². The van der Waals surface area contributed by atoms with E-state index in [4.69, 9.17) is 0 Å². The van der Waals surface area contributed by atoms with Crippen molar-refractivity contribution in [2.45, 2.75) is 30.8 Å². The Labute approximate surface area is 145 Å². The van der Waals surface area contributed by atoms with Crippen LogP contribution in [0.15, 0.2) is 18.2 Å². The Bertz CT molecular complexity index is 729. The van der Waals surface area contributed by atoms with E-state index in [2.05, 4.69) is 21.0 Å². The summed E-state index contributed by atoms with van der Waals surface area (Å²) in [6.07, 6.45) is 2.75. The SMILES string of the molecule is CN1CCN(C2CCCc3ccc(OS(=O)(=O)C(F)(F)F)cc32)CC1. The number of benzene rings is 1. The highest BCUT2D eigenvalue weighted by molar-refractivity contribution is 7.88. The molecule has 25 heavy (non-hydrogen) atoms. The molecule has 1 unspecified atom stereocenters. The molecule has 9 heteroatoms. The molecular weight excluding hydrogens is 357 g/mol. The molecule has 0 bridgehead atoms. The zero-order valence-corrected chi connectivity index (χ0v) is 14.7. The van der Waals surface area contributed by atoms with Gasteiger partial charge >= 0.3 is 15.6 Å². The largest absolute Gasteiger partial charge is 0.534 e. The van der Waals surface area contributed by atoms with Gasteiger partial charge in [0.15, 0.2) is 0 Å². The molecule has 0 amide bonds. The van der Waals surface area contributed by atoms with Gasteiger partial charge in [-0.25, -0.2) is 0 Å². The van der Waals surface area contributed by atoms with Crippen LogP contribution in [0.4, 0.5) is 13.2 Å². The highest BCUT2D eigenvalue weighted by Crippen LogP contribution is 2.37. The number of piperazine rings is 1. The summed E-state index contributed by atoms with van der Waals surface area (Å²) in [5.41, 5.74) is -3.50. The van der Waals surface area contributed by atoms with Gasteiger partial charge in [0.1, 0.15) is 5.75 Å². The molecule has 140 valence electrons. The average Bonchev–Trinajstić information content (AvgIpc) is 2.54. The minimum Gasteiger partial charge on any atom is -0.376 e. The van der Waals surface area contributed by atoms with Gasteiger partial charge in [-0.2, -0.15) is 21.6 Å². The third-order valence-corrected chi connectivity index (χ3v) is 5.85. The van der Waals surface area contributed by atoms with Crippen LogP contribution in [0, 0.1) is 0 Å². The molecule has 1 atom stereocenters. The van der Waals surface area contributed by atoms with Crippen LogP contribution < -0.4 is 4.18 Å². The van der Waals surface area contributed by atoms with Crippen LogP contribution >= 0.6 is 0 Å². The van der Waals surface area contributed by atoms with E-state index in [-0.39, 0.29) is 11.8 Å². The summed E-state index contributed by atoms with van der Waals surface area (Å²) in [4.78, 5) is 4.55. The van der Waals surface area contributed by atoms with E-state index in [1.165, 1.54) is 12.1 Å². The van der Waals surface area contributed by atoms with Crippen LogP contribution in [0.1, 0.15) is 30.0 Å². The molecule has 0 spiro atoms. The number of hydrogen-bond acceptors (Lipinski definition) is 5. The first-order valence-electron chi connectivity index (χ1n) is 8.23. The Morgan fingerprint density at radius 2 is 1.84 bits per heavy atom. The van der Waals surface area contributed by atoms with Gasteiger partial charge in [0.2, 0.25) is 0 Å². The van der Waals surface area contributed by atoms with Crippen LogP contribution in [-0.2, 0) is 16.5 Å². The number of nitrogens with zero attached hydrogens (tertiary/aromatic N) is 2. The molecule has 0 N–H and O–H groups in total. The molecule has 0 aromatic heterocycles. The molecule has 3 rings (SSSR count). The standard InChI is InChI=1S/C16H21F3N2O3S/c1-20-7-9-21(10-8-20)15-4-2-3-12-5-6-13(11-14(12)15)24-25(22,23)16(17,18)19/h5-6,11,15H,2-4,7-10H2,1H3. The fraction of sp³-hybridized carbons (Fsp3) is 0.625. The molecular formula is C16H21F3N2O3S. The molecule has 1 aromatic carbocycles. The number of halogens is 3. The van der Waals surface area contributed by atoms with Crippen molar-refractivity contribution in [2.24, 2.45) is 0 Å². The first kappa shape index (κ1) is 18.5. The molecule has 5 nitrogen and oxygen atoms in total. The molecule has 1 fully saturated rings. The second-order valence-electron chi connectivity index (χ2n) is 6.59. The van der Waals surface area contributed by atoms with Gasteiger partial charge in [0.05, 0.1) is 0 Å². The molecule has 1 aromatic rings.